The van der Waals surface area contributed by atoms with Crippen LogP contribution in [0.15, 0.2) is 37.1 Å². The molecule has 0 saturated heterocycles. The number of aliphatic hydroxyl groups excluding tert-OH is 2. The van der Waals surface area contributed by atoms with Gasteiger partial charge in [0.25, 0.3) is 0 Å². The highest BCUT2D eigenvalue weighted by molar-refractivity contribution is 4.96. The van der Waals surface area contributed by atoms with Gasteiger partial charge in [0.1, 0.15) is 0 Å². The summed E-state index contributed by atoms with van der Waals surface area (Å²) in [5, 5.41) is 17.6. The summed E-state index contributed by atoms with van der Waals surface area (Å²) in [4.78, 5) is 0. The Labute approximate surface area is 67.2 Å². The highest BCUT2D eigenvalue weighted by Crippen LogP contribution is 1.97. The lowest BCUT2D eigenvalue weighted by Crippen LogP contribution is -1.97. The number of allylic oxidation sites excluding steroid dienone is 1. The number of rotatable bonds is 5. The minimum absolute atomic E-state index is 0.134. The van der Waals surface area contributed by atoms with Crippen LogP contribution < -0.4 is 0 Å². The van der Waals surface area contributed by atoms with Gasteiger partial charge in [-0.1, -0.05) is 24.8 Å². The fraction of sp³-hybridized carbons (Fsp3) is 0.333. The second-order valence-electron chi connectivity index (χ2n) is 2.28. The molecule has 0 aromatic heterocycles. The zero-order valence-corrected chi connectivity index (χ0v) is 6.53. The van der Waals surface area contributed by atoms with E-state index >= 15 is 0 Å². The first kappa shape index (κ1) is 9.98. The molecule has 0 fully saturated rings. The average molecular weight is 154 g/mol. The van der Waals surface area contributed by atoms with Crippen molar-refractivity contribution in [1.82, 2.24) is 0 Å². The Kier molecular flexibility index (Phi) is 5.21. The van der Waals surface area contributed by atoms with Crippen LogP contribution in [0.1, 0.15) is 12.8 Å². The lowest BCUT2D eigenvalue weighted by atomic mass is 10.2. The van der Waals surface area contributed by atoms with Gasteiger partial charge in [0.2, 0.25) is 0 Å². The van der Waals surface area contributed by atoms with Crippen LogP contribution >= 0.6 is 0 Å². The third kappa shape index (κ3) is 6.87. The van der Waals surface area contributed by atoms with Gasteiger partial charge in [-0.2, -0.15) is 0 Å². The van der Waals surface area contributed by atoms with Crippen molar-refractivity contribution < 1.29 is 10.2 Å². The molecule has 0 saturated carbocycles. The minimum atomic E-state index is -0.488. The van der Waals surface area contributed by atoms with E-state index in [0.717, 1.165) is 0 Å². The highest BCUT2D eigenvalue weighted by atomic mass is 16.3. The molecular formula is C9H14O2. The standard InChI is InChI=1S/C9H14O2/c1-3-9(11)7-5-4-6-8(2)10/h3-5,9-11H,1-2,6-7H2. The molecule has 11 heavy (non-hydrogen) atoms. The second kappa shape index (κ2) is 5.74. The number of aliphatic hydroxyl groups is 2. The summed E-state index contributed by atoms with van der Waals surface area (Å²) < 4.78 is 0. The largest absolute Gasteiger partial charge is 0.513 e. The van der Waals surface area contributed by atoms with Crippen molar-refractivity contribution in [3.63, 3.8) is 0 Å². The average Bonchev–Trinajstić information content (AvgIpc) is 1.97. The van der Waals surface area contributed by atoms with Crippen LogP contribution in [0.25, 0.3) is 0 Å². The zero-order chi connectivity index (χ0) is 8.69. The van der Waals surface area contributed by atoms with Crippen molar-refractivity contribution in [2.75, 3.05) is 0 Å². The van der Waals surface area contributed by atoms with Crippen LogP contribution in [0.4, 0.5) is 0 Å². The van der Waals surface area contributed by atoms with Crippen LogP contribution in [0.3, 0.4) is 0 Å². The van der Waals surface area contributed by atoms with Crippen molar-refractivity contribution in [1.29, 1.82) is 0 Å². The summed E-state index contributed by atoms with van der Waals surface area (Å²) in [5.41, 5.74) is 0. The Morgan fingerprint density at radius 3 is 2.55 bits per heavy atom. The van der Waals surface area contributed by atoms with Crippen LogP contribution in [0.5, 0.6) is 0 Å². The molecule has 0 aliphatic heterocycles. The molecule has 0 amide bonds. The third-order valence-corrected chi connectivity index (χ3v) is 1.17. The summed E-state index contributed by atoms with van der Waals surface area (Å²) >= 11 is 0. The molecule has 0 heterocycles. The fourth-order valence-electron chi connectivity index (χ4n) is 0.551. The van der Waals surface area contributed by atoms with E-state index in [4.69, 9.17) is 10.2 Å². The van der Waals surface area contributed by atoms with Crippen LogP contribution in [-0.4, -0.2) is 16.3 Å². The van der Waals surface area contributed by atoms with E-state index in [0.29, 0.717) is 12.8 Å². The van der Waals surface area contributed by atoms with Gasteiger partial charge in [-0.25, -0.2) is 0 Å². The summed E-state index contributed by atoms with van der Waals surface area (Å²) in [6.45, 7) is 6.74. The Balaban J connectivity index is 3.44. The van der Waals surface area contributed by atoms with E-state index in [1.165, 1.54) is 6.08 Å². The monoisotopic (exact) mass is 154 g/mol. The molecule has 0 spiro atoms. The van der Waals surface area contributed by atoms with Gasteiger partial charge in [-0.05, 0) is 6.42 Å². The molecule has 0 aliphatic carbocycles. The van der Waals surface area contributed by atoms with Gasteiger partial charge < -0.3 is 10.2 Å². The maximum absolute atomic E-state index is 8.97. The van der Waals surface area contributed by atoms with E-state index in [9.17, 15) is 0 Å². The SMILES string of the molecule is C=CC(O)CC=CCC(=C)O. The smallest absolute Gasteiger partial charge is 0.0888 e. The Hall–Kier alpha value is -1.02. The number of hydrogen-bond donors (Lipinski definition) is 2. The zero-order valence-electron chi connectivity index (χ0n) is 6.53. The molecule has 2 heteroatoms. The topological polar surface area (TPSA) is 40.5 Å². The quantitative estimate of drug-likeness (QED) is 0.469. The van der Waals surface area contributed by atoms with E-state index in [-0.39, 0.29) is 5.76 Å². The van der Waals surface area contributed by atoms with Crippen molar-refractivity contribution in [3.8, 4) is 0 Å². The van der Waals surface area contributed by atoms with E-state index in [1.807, 2.05) is 0 Å². The van der Waals surface area contributed by atoms with E-state index in [2.05, 4.69) is 13.2 Å². The summed E-state index contributed by atoms with van der Waals surface area (Å²) in [6.07, 6.45) is 5.51. The molecule has 2 N–H and O–H groups in total. The van der Waals surface area contributed by atoms with Crippen molar-refractivity contribution in [2.45, 2.75) is 18.9 Å². The molecule has 0 rings (SSSR count). The maximum atomic E-state index is 8.97. The second-order valence-corrected chi connectivity index (χ2v) is 2.28. The summed E-state index contributed by atoms with van der Waals surface area (Å²) in [5.74, 6) is 0.134. The molecule has 0 aliphatic rings. The molecule has 0 aromatic carbocycles. The summed E-state index contributed by atoms with van der Waals surface area (Å²) in [7, 11) is 0. The molecule has 62 valence electrons. The molecule has 1 unspecified atom stereocenters. The first-order valence-electron chi connectivity index (χ1n) is 3.49. The predicted octanol–water partition coefficient (Wildman–Crippen LogP) is 1.94. The predicted molar refractivity (Wildman–Crippen MR) is 46.3 cm³/mol. The molecule has 0 radical (unpaired) electrons. The van der Waals surface area contributed by atoms with Gasteiger partial charge in [0.05, 0.1) is 11.9 Å². The maximum Gasteiger partial charge on any atom is 0.0888 e. The van der Waals surface area contributed by atoms with Gasteiger partial charge >= 0.3 is 0 Å². The van der Waals surface area contributed by atoms with Gasteiger partial charge in [0.15, 0.2) is 0 Å². The van der Waals surface area contributed by atoms with Gasteiger partial charge in [-0.3, -0.25) is 0 Å². The Morgan fingerprint density at radius 1 is 1.45 bits per heavy atom. The molecule has 1 atom stereocenters. The Morgan fingerprint density at radius 2 is 2.09 bits per heavy atom. The summed E-state index contributed by atoms with van der Waals surface area (Å²) in [6, 6.07) is 0. The van der Waals surface area contributed by atoms with Gasteiger partial charge in [0, 0.05) is 6.42 Å². The fourth-order valence-corrected chi connectivity index (χ4v) is 0.551. The molecule has 0 bridgehead atoms. The van der Waals surface area contributed by atoms with Crippen molar-refractivity contribution in [3.05, 3.63) is 37.1 Å². The Bertz CT molecular complexity index is 159. The van der Waals surface area contributed by atoms with Crippen LogP contribution in [0, 0.1) is 0 Å². The normalized spacial score (nSPS) is 13.2. The minimum Gasteiger partial charge on any atom is -0.513 e. The number of hydrogen-bond acceptors (Lipinski definition) is 2. The highest BCUT2D eigenvalue weighted by Gasteiger charge is 1.91. The van der Waals surface area contributed by atoms with E-state index in [1.54, 1.807) is 12.2 Å². The first-order chi connectivity index (χ1) is 5.16. The molecule has 2 nitrogen and oxygen atoms in total. The molecular weight excluding hydrogens is 140 g/mol. The van der Waals surface area contributed by atoms with Crippen molar-refractivity contribution >= 4 is 0 Å². The first-order valence-corrected chi connectivity index (χ1v) is 3.49. The van der Waals surface area contributed by atoms with Gasteiger partial charge in [-0.15, -0.1) is 6.58 Å². The third-order valence-electron chi connectivity index (χ3n) is 1.17. The lowest BCUT2D eigenvalue weighted by molar-refractivity contribution is 0.227. The molecule has 0 aromatic rings. The van der Waals surface area contributed by atoms with Crippen molar-refractivity contribution in [2.24, 2.45) is 0 Å². The van der Waals surface area contributed by atoms with Crippen LogP contribution in [-0.2, 0) is 0 Å². The van der Waals surface area contributed by atoms with Crippen LogP contribution in [0.2, 0.25) is 0 Å². The van der Waals surface area contributed by atoms with E-state index < -0.39 is 6.10 Å². The lowest BCUT2D eigenvalue weighted by Gasteiger charge is -1.97.